The van der Waals surface area contributed by atoms with Gasteiger partial charge in [0.15, 0.2) is 9.34 Å². The molecular formula is C22H27N7O6S2. The van der Waals surface area contributed by atoms with Crippen molar-refractivity contribution in [1.29, 1.82) is 0 Å². The zero-order valence-corrected chi connectivity index (χ0v) is 22.1. The summed E-state index contributed by atoms with van der Waals surface area (Å²) in [6.07, 6.45) is 0.618. The van der Waals surface area contributed by atoms with Gasteiger partial charge in [-0.3, -0.25) is 10.2 Å². The highest BCUT2D eigenvalue weighted by Gasteiger charge is 2.32. The lowest BCUT2D eigenvalue weighted by Gasteiger charge is -2.35. The van der Waals surface area contributed by atoms with Gasteiger partial charge in [-0.1, -0.05) is 17.4 Å². The summed E-state index contributed by atoms with van der Waals surface area (Å²) in [5.74, 6) is -0.514. The van der Waals surface area contributed by atoms with E-state index >= 15 is 0 Å². The van der Waals surface area contributed by atoms with Crippen molar-refractivity contribution in [2.45, 2.75) is 24.1 Å². The summed E-state index contributed by atoms with van der Waals surface area (Å²) < 4.78 is 32.5. The molecule has 2 aromatic heterocycles. The number of hydrogen-bond acceptors (Lipinski definition) is 11. The van der Waals surface area contributed by atoms with Gasteiger partial charge in [0.05, 0.1) is 23.9 Å². The molecule has 1 fully saturated rings. The first-order valence-electron chi connectivity index (χ1n) is 11.4. The Balaban J connectivity index is 1.37. The number of hydrogen-bond donors (Lipinski definition) is 3. The van der Waals surface area contributed by atoms with Crippen molar-refractivity contribution in [2.24, 2.45) is 0 Å². The Morgan fingerprint density at radius 3 is 2.62 bits per heavy atom. The standard InChI is InChI=1S/C22H27N7O6S2/c1-13(25-18-15-5-4-6-16(19(30)31)17(15)23-12-24-18)11-28-7-9-29(10-8-28)37(33,34)20-14(2)26-21(36-20)27-22(32)35-3/h4-6,12-13H,7-11H2,1-3H3,(H,30,31)(H,23,24,25)(H,26,27,32). The average molecular weight is 550 g/mol. The molecule has 0 radical (unpaired) electrons. The Labute approximate surface area is 217 Å². The number of sulfonamides is 1. The molecule has 37 heavy (non-hydrogen) atoms. The summed E-state index contributed by atoms with van der Waals surface area (Å²) in [5.41, 5.74) is 0.791. The summed E-state index contributed by atoms with van der Waals surface area (Å²) in [5, 5.41) is 15.9. The highest BCUT2D eigenvalue weighted by atomic mass is 32.2. The maximum Gasteiger partial charge on any atom is 0.413 e. The number of benzene rings is 1. The number of para-hydroxylation sites is 1. The maximum absolute atomic E-state index is 13.2. The van der Waals surface area contributed by atoms with E-state index in [2.05, 4.69) is 35.2 Å². The number of nitrogens with one attached hydrogen (secondary N) is 2. The minimum absolute atomic E-state index is 0.0505. The van der Waals surface area contributed by atoms with Crippen LogP contribution in [0.25, 0.3) is 10.9 Å². The van der Waals surface area contributed by atoms with Crippen molar-refractivity contribution >= 4 is 55.3 Å². The number of aromatic carboxylic acids is 1. The van der Waals surface area contributed by atoms with Gasteiger partial charge in [0, 0.05) is 44.2 Å². The summed E-state index contributed by atoms with van der Waals surface area (Å²) >= 11 is 0.895. The number of fused-ring (bicyclic) bond motifs is 1. The minimum Gasteiger partial charge on any atom is -0.478 e. The minimum atomic E-state index is -3.76. The number of aryl methyl sites for hydroxylation is 1. The topological polar surface area (TPSA) is 167 Å². The molecule has 1 aliphatic heterocycles. The number of ether oxygens (including phenoxy) is 1. The summed E-state index contributed by atoms with van der Waals surface area (Å²) in [4.78, 5) is 37.7. The second-order valence-corrected chi connectivity index (χ2v) is 11.6. The molecule has 15 heteroatoms. The molecule has 1 aromatic carbocycles. The molecule has 1 atom stereocenters. The fraction of sp³-hybridized carbons (Fsp3) is 0.409. The fourth-order valence-corrected chi connectivity index (χ4v) is 7.08. The number of piperazine rings is 1. The fourth-order valence-electron chi connectivity index (χ4n) is 4.12. The van der Waals surface area contributed by atoms with E-state index in [0.717, 1.165) is 11.3 Å². The molecule has 4 rings (SSSR count). The van der Waals surface area contributed by atoms with E-state index in [9.17, 15) is 23.1 Å². The van der Waals surface area contributed by atoms with E-state index in [4.69, 9.17) is 0 Å². The number of carbonyl (C=O) groups is 2. The van der Waals surface area contributed by atoms with Crippen LogP contribution >= 0.6 is 11.3 Å². The van der Waals surface area contributed by atoms with Gasteiger partial charge in [0.2, 0.25) is 0 Å². The van der Waals surface area contributed by atoms with Gasteiger partial charge in [-0.05, 0) is 26.0 Å². The SMILES string of the molecule is COC(=O)Nc1nc(C)c(S(=O)(=O)N2CCN(CC(C)Nc3ncnc4c(C(=O)O)cccc34)CC2)s1. The van der Waals surface area contributed by atoms with Gasteiger partial charge < -0.3 is 15.2 Å². The van der Waals surface area contributed by atoms with Crippen LogP contribution in [0.5, 0.6) is 0 Å². The van der Waals surface area contributed by atoms with Gasteiger partial charge in [-0.15, -0.1) is 0 Å². The van der Waals surface area contributed by atoms with E-state index in [1.165, 1.54) is 23.8 Å². The van der Waals surface area contributed by atoms with Crippen LogP contribution in [0, 0.1) is 6.92 Å². The number of anilines is 2. The number of aromatic nitrogens is 3. The van der Waals surface area contributed by atoms with Gasteiger partial charge in [0.25, 0.3) is 10.0 Å². The lowest BCUT2D eigenvalue weighted by atomic mass is 10.1. The van der Waals surface area contributed by atoms with Crippen molar-refractivity contribution < 1.29 is 27.9 Å². The van der Waals surface area contributed by atoms with Crippen molar-refractivity contribution in [3.8, 4) is 0 Å². The molecule has 0 saturated carbocycles. The van der Waals surface area contributed by atoms with Gasteiger partial charge in [-0.2, -0.15) is 4.31 Å². The normalized spacial score (nSPS) is 15.9. The van der Waals surface area contributed by atoms with E-state index in [0.29, 0.717) is 55.1 Å². The molecule has 3 N–H and O–H groups in total. The van der Waals surface area contributed by atoms with Crippen LogP contribution in [0.1, 0.15) is 23.0 Å². The van der Waals surface area contributed by atoms with E-state index in [1.807, 2.05) is 6.92 Å². The van der Waals surface area contributed by atoms with Crippen molar-refractivity contribution in [3.05, 3.63) is 35.8 Å². The summed E-state index contributed by atoms with van der Waals surface area (Å²) in [6.45, 7) is 5.88. The zero-order valence-electron chi connectivity index (χ0n) is 20.5. The first kappa shape index (κ1) is 26.7. The predicted octanol–water partition coefficient (Wildman–Crippen LogP) is 2.08. The first-order valence-corrected chi connectivity index (χ1v) is 13.6. The highest BCUT2D eigenvalue weighted by Crippen LogP contribution is 2.30. The number of rotatable bonds is 8. The molecule has 3 aromatic rings. The highest BCUT2D eigenvalue weighted by molar-refractivity contribution is 7.91. The zero-order chi connectivity index (χ0) is 26.7. The van der Waals surface area contributed by atoms with Crippen LogP contribution in [-0.4, -0.2) is 95.6 Å². The Bertz CT molecular complexity index is 1420. The molecule has 1 aliphatic rings. The Hall–Kier alpha value is -3.40. The quantitative estimate of drug-likeness (QED) is 0.376. The molecular weight excluding hydrogens is 522 g/mol. The molecule has 13 nitrogen and oxygen atoms in total. The number of amides is 1. The Kier molecular flexibility index (Phi) is 7.87. The van der Waals surface area contributed by atoms with Crippen LogP contribution in [0.15, 0.2) is 28.7 Å². The third-order valence-electron chi connectivity index (χ3n) is 5.86. The van der Waals surface area contributed by atoms with Crippen LogP contribution < -0.4 is 10.6 Å². The van der Waals surface area contributed by atoms with Crippen molar-refractivity contribution in [1.82, 2.24) is 24.2 Å². The number of carboxylic acid groups (broad SMARTS) is 1. The van der Waals surface area contributed by atoms with Gasteiger partial charge in [0.1, 0.15) is 12.1 Å². The molecule has 3 heterocycles. The molecule has 1 unspecified atom stereocenters. The predicted molar refractivity (Wildman–Crippen MR) is 138 cm³/mol. The first-order chi connectivity index (χ1) is 17.6. The number of thiazole rings is 1. The molecule has 198 valence electrons. The van der Waals surface area contributed by atoms with E-state index in [-0.39, 0.29) is 20.9 Å². The number of methoxy groups -OCH3 is 1. The van der Waals surface area contributed by atoms with Crippen molar-refractivity contribution in [2.75, 3.05) is 50.5 Å². The summed E-state index contributed by atoms with van der Waals surface area (Å²) in [6, 6.07) is 4.88. The van der Waals surface area contributed by atoms with E-state index in [1.54, 1.807) is 19.1 Å². The molecule has 0 spiro atoms. The molecule has 1 saturated heterocycles. The second kappa shape index (κ2) is 10.9. The smallest absolute Gasteiger partial charge is 0.413 e. The van der Waals surface area contributed by atoms with Crippen molar-refractivity contribution in [3.63, 3.8) is 0 Å². The average Bonchev–Trinajstić information content (AvgIpc) is 3.24. The Morgan fingerprint density at radius 2 is 1.95 bits per heavy atom. The number of carboxylic acids is 1. The molecule has 0 aliphatic carbocycles. The lowest BCUT2D eigenvalue weighted by molar-refractivity contribution is 0.0698. The Morgan fingerprint density at radius 1 is 1.22 bits per heavy atom. The third kappa shape index (κ3) is 5.79. The van der Waals surface area contributed by atoms with Gasteiger partial charge in [-0.25, -0.2) is 33.0 Å². The third-order valence-corrected chi connectivity index (χ3v) is 9.42. The lowest BCUT2D eigenvalue weighted by Crippen LogP contribution is -2.50. The summed E-state index contributed by atoms with van der Waals surface area (Å²) in [7, 11) is -2.54. The number of carbonyl (C=O) groups excluding carboxylic acids is 1. The monoisotopic (exact) mass is 549 g/mol. The van der Waals surface area contributed by atoms with Crippen LogP contribution in [0.3, 0.4) is 0 Å². The molecule has 0 bridgehead atoms. The maximum atomic E-state index is 13.2. The van der Waals surface area contributed by atoms with Gasteiger partial charge >= 0.3 is 12.1 Å². The van der Waals surface area contributed by atoms with E-state index < -0.39 is 22.1 Å². The van der Waals surface area contributed by atoms with Crippen LogP contribution in [0.2, 0.25) is 0 Å². The molecule has 1 amide bonds. The second-order valence-electron chi connectivity index (χ2n) is 8.49. The largest absolute Gasteiger partial charge is 0.478 e. The van der Waals surface area contributed by atoms with Crippen LogP contribution in [-0.2, 0) is 14.8 Å². The number of nitrogens with zero attached hydrogens (tertiary/aromatic N) is 5. The van der Waals surface area contributed by atoms with Crippen LogP contribution in [0.4, 0.5) is 15.7 Å².